The van der Waals surface area contributed by atoms with Crippen LogP contribution in [0.3, 0.4) is 0 Å². The number of carbonyl (C=O) groups excluding carboxylic acids is 3. The largest absolute Gasteiger partial charge is 0.534 e. The van der Waals surface area contributed by atoms with E-state index < -0.39 is 68.1 Å². The first kappa shape index (κ1) is 30.2. The van der Waals surface area contributed by atoms with Gasteiger partial charge in [0, 0.05) is 0 Å². The number of rotatable bonds is 9. The Morgan fingerprint density at radius 1 is 0.930 bits per heavy atom. The standard InChI is InChI=1S/C29H23F3N2O7S2/c30-29(31,32)43(38,39)41-21-17-42-27-23(33-22(35)16-18-10-4-1-5-11-18)26(36)34(27)24(21)28(37)40-25(19-12-6-2-7-13-19)20-14-8-3-9-15-20/h1-15,23,25,27H,16-17H2,(H,33,35)/t23?,27-/m0/s1. The predicted octanol–water partition coefficient (Wildman–Crippen LogP) is 4.04. The Morgan fingerprint density at radius 2 is 1.47 bits per heavy atom. The predicted molar refractivity (Wildman–Crippen MR) is 149 cm³/mol. The molecule has 9 nitrogen and oxygen atoms in total. The van der Waals surface area contributed by atoms with E-state index in [0.29, 0.717) is 16.7 Å². The molecule has 5 rings (SSSR count). The highest BCUT2D eigenvalue weighted by Gasteiger charge is 2.57. The number of fused-ring (bicyclic) bond motifs is 1. The van der Waals surface area contributed by atoms with Crippen LogP contribution in [-0.2, 0) is 39.8 Å². The number of nitrogens with zero attached hydrogens (tertiary/aromatic N) is 1. The molecule has 43 heavy (non-hydrogen) atoms. The van der Waals surface area contributed by atoms with Crippen LogP contribution < -0.4 is 5.32 Å². The lowest BCUT2D eigenvalue weighted by Gasteiger charge is -2.49. The zero-order valence-corrected chi connectivity index (χ0v) is 23.7. The number of β-lactam (4-membered cyclic amide) rings is 1. The topological polar surface area (TPSA) is 119 Å². The average molecular weight is 633 g/mol. The summed E-state index contributed by atoms with van der Waals surface area (Å²) in [5, 5.41) is 1.66. The molecule has 0 spiro atoms. The summed E-state index contributed by atoms with van der Waals surface area (Å²) in [7, 11) is -6.18. The number of hydrogen-bond acceptors (Lipinski definition) is 8. The lowest BCUT2D eigenvalue weighted by atomic mass is 10.0. The highest BCUT2D eigenvalue weighted by Crippen LogP contribution is 2.43. The smallest absolute Gasteiger partial charge is 0.448 e. The number of ether oxygens (including phenoxy) is 1. The third-order valence-corrected chi connectivity index (χ3v) is 8.81. The van der Waals surface area contributed by atoms with Gasteiger partial charge in [-0.3, -0.25) is 14.5 Å². The zero-order chi connectivity index (χ0) is 30.8. The molecule has 0 saturated carbocycles. The highest BCUT2D eigenvalue weighted by atomic mass is 32.2. The maximum atomic E-state index is 13.7. The fraction of sp³-hybridized carbons (Fsp3) is 0.207. The van der Waals surface area contributed by atoms with Crippen molar-refractivity contribution in [2.45, 2.75) is 29.4 Å². The van der Waals surface area contributed by atoms with Gasteiger partial charge < -0.3 is 14.2 Å². The molecule has 3 aromatic rings. The van der Waals surface area contributed by atoms with E-state index in [1.54, 1.807) is 91.0 Å². The van der Waals surface area contributed by atoms with Crippen molar-refractivity contribution < 1.29 is 44.9 Å². The van der Waals surface area contributed by atoms with Gasteiger partial charge >= 0.3 is 21.6 Å². The number of alkyl halides is 3. The third-order valence-electron chi connectivity index (χ3n) is 6.57. The maximum Gasteiger partial charge on any atom is 0.534 e. The van der Waals surface area contributed by atoms with Crippen molar-refractivity contribution in [1.82, 2.24) is 10.2 Å². The van der Waals surface area contributed by atoms with Crippen LogP contribution in [0.4, 0.5) is 13.2 Å². The van der Waals surface area contributed by atoms with E-state index in [-0.39, 0.29) is 6.42 Å². The van der Waals surface area contributed by atoms with E-state index in [2.05, 4.69) is 9.50 Å². The number of hydrogen-bond donors (Lipinski definition) is 1. The average Bonchev–Trinajstić information content (AvgIpc) is 2.99. The molecular weight excluding hydrogens is 609 g/mol. The lowest BCUT2D eigenvalue weighted by molar-refractivity contribution is -0.155. The van der Waals surface area contributed by atoms with Crippen LogP contribution >= 0.6 is 11.8 Å². The minimum absolute atomic E-state index is 0.0409. The van der Waals surface area contributed by atoms with Crippen LogP contribution in [0.15, 0.2) is 102 Å². The minimum Gasteiger partial charge on any atom is -0.448 e. The second kappa shape index (κ2) is 12.1. The Labute approximate surface area is 248 Å². The number of halogens is 3. The summed E-state index contributed by atoms with van der Waals surface area (Å²) in [6.07, 6.45) is -1.10. The quantitative estimate of drug-likeness (QED) is 0.163. The Balaban J connectivity index is 1.46. The van der Waals surface area contributed by atoms with Crippen molar-refractivity contribution in [2.75, 3.05) is 5.75 Å². The zero-order valence-electron chi connectivity index (χ0n) is 22.1. The summed E-state index contributed by atoms with van der Waals surface area (Å²) in [6, 6.07) is 24.5. The Morgan fingerprint density at radius 3 is 2.00 bits per heavy atom. The molecule has 1 fully saturated rings. The first-order chi connectivity index (χ1) is 20.5. The molecule has 1 saturated heterocycles. The van der Waals surface area contributed by atoms with Crippen LogP contribution in [0, 0.1) is 0 Å². The summed E-state index contributed by atoms with van der Waals surface area (Å²) in [4.78, 5) is 40.4. The Hall–Kier alpha value is -4.30. The second-order valence-electron chi connectivity index (χ2n) is 9.48. The minimum atomic E-state index is -6.18. The van der Waals surface area contributed by atoms with E-state index in [1.165, 1.54) is 0 Å². The SMILES string of the molecule is O=C(Cc1ccccc1)NC1C(=O)N2C(C(=O)OC(c3ccccc3)c3ccccc3)=C(OS(=O)(=O)C(F)(F)F)CS[C@@H]12. The van der Waals surface area contributed by atoms with Crippen molar-refractivity contribution in [2.24, 2.45) is 0 Å². The fourth-order valence-corrected chi connectivity index (χ4v) is 6.40. The van der Waals surface area contributed by atoms with Gasteiger partial charge in [-0.05, 0) is 16.7 Å². The first-order valence-corrected chi connectivity index (χ1v) is 15.2. The summed E-state index contributed by atoms with van der Waals surface area (Å²) < 4.78 is 73.7. The molecule has 2 aliphatic heterocycles. The first-order valence-electron chi connectivity index (χ1n) is 12.8. The molecule has 2 atom stereocenters. The van der Waals surface area contributed by atoms with Gasteiger partial charge in [0.05, 0.1) is 12.2 Å². The molecule has 0 bridgehead atoms. The van der Waals surface area contributed by atoms with Gasteiger partial charge in [-0.25, -0.2) is 4.79 Å². The molecular formula is C29H23F3N2O7S2. The van der Waals surface area contributed by atoms with Crippen molar-refractivity contribution in [1.29, 1.82) is 0 Å². The number of carbonyl (C=O) groups is 3. The summed E-state index contributed by atoms with van der Waals surface area (Å²) >= 11 is 0.833. The van der Waals surface area contributed by atoms with Gasteiger partial charge in [0.15, 0.2) is 17.6 Å². The molecule has 2 heterocycles. The molecule has 0 aromatic heterocycles. The molecule has 14 heteroatoms. The van der Waals surface area contributed by atoms with E-state index in [1.807, 2.05) is 0 Å². The van der Waals surface area contributed by atoms with Crippen LogP contribution in [0.1, 0.15) is 22.8 Å². The van der Waals surface area contributed by atoms with Gasteiger partial charge in [0.25, 0.3) is 5.91 Å². The number of benzene rings is 3. The molecule has 2 amide bonds. The van der Waals surface area contributed by atoms with Crippen LogP contribution in [-0.4, -0.2) is 53.8 Å². The highest BCUT2D eigenvalue weighted by molar-refractivity contribution is 8.00. The van der Waals surface area contributed by atoms with E-state index >= 15 is 0 Å². The van der Waals surface area contributed by atoms with Crippen molar-refractivity contribution >= 4 is 39.7 Å². The molecule has 1 N–H and O–H groups in total. The molecule has 0 radical (unpaired) electrons. The van der Waals surface area contributed by atoms with E-state index in [0.717, 1.165) is 16.7 Å². The molecule has 0 aliphatic carbocycles. The third kappa shape index (κ3) is 6.39. The number of esters is 1. The Kier molecular flexibility index (Phi) is 8.51. The number of amides is 2. The van der Waals surface area contributed by atoms with E-state index in [9.17, 15) is 36.0 Å². The summed E-state index contributed by atoms with van der Waals surface area (Å²) in [5.41, 5.74) is -4.87. The van der Waals surface area contributed by atoms with Crippen LogP contribution in [0.2, 0.25) is 0 Å². The van der Waals surface area contributed by atoms with Crippen molar-refractivity contribution in [3.05, 3.63) is 119 Å². The van der Waals surface area contributed by atoms with Crippen molar-refractivity contribution in [3.63, 3.8) is 0 Å². The van der Waals surface area contributed by atoms with Gasteiger partial charge in [0.2, 0.25) is 5.91 Å². The van der Waals surface area contributed by atoms with Crippen molar-refractivity contribution in [3.8, 4) is 0 Å². The molecule has 2 aliphatic rings. The molecule has 3 aromatic carbocycles. The Bertz CT molecular complexity index is 1610. The number of thioether (sulfide) groups is 1. The normalized spacial score (nSPS) is 18.5. The maximum absolute atomic E-state index is 13.7. The number of nitrogens with one attached hydrogen (secondary N) is 1. The van der Waals surface area contributed by atoms with Gasteiger partial charge in [0.1, 0.15) is 11.4 Å². The van der Waals surface area contributed by atoms with Crippen LogP contribution in [0.5, 0.6) is 0 Å². The van der Waals surface area contributed by atoms with E-state index in [4.69, 9.17) is 4.74 Å². The monoisotopic (exact) mass is 632 g/mol. The lowest BCUT2D eigenvalue weighted by Crippen LogP contribution is -2.70. The molecule has 224 valence electrons. The summed E-state index contributed by atoms with van der Waals surface area (Å²) in [6.45, 7) is 0. The fourth-order valence-electron chi connectivity index (χ4n) is 4.58. The second-order valence-corrected chi connectivity index (χ2v) is 12.1. The van der Waals surface area contributed by atoms with Gasteiger partial charge in [-0.1, -0.05) is 91.0 Å². The molecule has 1 unspecified atom stereocenters. The van der Waals surface area contributed by atoms with Crippen LogP contribution in [0.25, 0.3) is 0 Å². The summed E-state index contributed by atoms with van der Waals surface area (Å²) in [5.74, 6) is -4.05. The van der Waals surface area contributed by atoms with Gasteiger partial charge in [-0.2, -0.15) is 21.6 Å². The van der Waals surface area contributed by atoms with Gasteiger partial charge in [-0.15, -0.1) is 11.8 Å².